The average Bonchev–Trinajstić information content (AvgIpc) is 3.23. The van der Waals surface area contributed by atoms with E-state index in [0.29, 0.717) is 6.42 Å². The predicted octanol–water partition coefficient (Wildman–Crippen LogP) is 1.83. The Labute approximate surface area is 147 Å². The second-order valence-electron chi connectivity index (χ2n) is 6.38. The molecule has 1 saturated carbocycles. The highest BCUT2D eigenvalue weighted by atomic mass is 32.2. The van der Waals surface area contributed by atoms with Gasteiger partial charge in [-0.15, -0.1) is 0 Å². The minimum absolute atomic E-state index is 0.0255. The van der Waals surface area contributed by atoms with Gasteiger partial charge in [0.1, 0.15) is 0 Å². The van der Waals surface area contributed by atoms with Gasteiger partial charge in [-0.25, -0.2) is 0 Å². The maximum absolute atomic E-state index is 12.3. The SMILES string of the molecule is CC(=O)OC[C@@H]1CC1(COC(C)=O)COS(=O)(=O)c1ccc(C)cc1. The molecule has 0 aliphatic heterocycles. The van der Waals surface area contributed by atoms with Gasteiger partial charge in [-0.3, -0.25) is 13.8 Å². The molecule has 0 spiro atoms. The van der Waals surface area contributed by atoms with Crippen LogP contribution in [0.1, 0.15) is 25.8 Å². The Morgan fingerprint density at radius 3 is 2.24 bits per heavy atom. The van der Waals surface area contributed by atoms with Crippen LogP contribution >= 0.6 is 0 Å². The molecule has 2 atom stereocenters. The lowest BCUT2D eigenvalue weighted by Crippen LogP contribution is -2.25. The number of rotatable bonds is 8. The quantitative estimate of drug-likeness (QED) is 0.509. The van der Waals surface area contributed by atoms with Gasteiger partial charge in [0.2, 0.25) is 0 Å². The molecule has 1 aromatic rings. The summed E-state index contributed by atoms with van der Waals surface area (Å²) in [4.78, 5) is 22.1. The average molecular weight is 370 g/mol. The molecule has 0 bridgehead atoms. The summed E-state index contributed by atoms with van der Waals surface area (Å²) in [6.45, 7) is 4.47. The van der Waals surface area contributed by atoms with Gasteiger partial charge in [-0.2, -0.15) is 8.42 Å². The summed E-state index contributed by atoms with van der Waals surface area (Å²) in [5.74, 6) is -0.982. The highest BCUT2D eigenvalue weighted by Gasteiger charge is 2.56. The molecule has 0 saturated heterocycles. The minimum atomic E-state index is -3.91. The first-order valence-electron chi connectivity index (χ1n) is 7.87. The number of ether oxygens (including phenoxy) is 2. The van der Waals surface area contributed by atoms with Crippen LogP contribution in [0.15, 0.2) is 29.2 Å². The number of carbonyl (C=O) groups is 2. The summed E-state index contributed by atoms with van der Waals surface area (Å²) in [7, 11) is -3.91. The molecular formula is C17H22O7S. The summed E-state index contributed by atoms with van der Waals surface area (Å²) in [5.41, 5.74) is 0.285. The van der Waals surface area contributed by atoms with Crippen LogP contribution in [0, 0.1) is 18.3 Å². The van der Waals surface area contributed by atoms with Crippen LogP contribution in [0.25, 0.3) is 0 Å². The number of carbonyl (C=O) groups excluding carboxylic acids is 2. The lowest BCUT2D eigenvalue weighted by atomic mass is 10.1. The maximum atomic E-state index is 12.3. The van der Waals surface area contributed by atoms with Crippen LogP contribution < -0.4 is 0 Å². The lowest BCUT2D eigenvalue weighted by molar-refractivity contribution is -0.145. The highest BCUT2D eigenvalue weighted by molar-refractivity contribution is 7.86. The van der Waals surface area contributed by atoms with Gasteiger partial charge in [-0.05, 0) is 25.5 Å². The minimum Gasteiger partial charge on any atom is -0.466 e. The van der Waals surface area contributed by atoms with Crippen molar-refractivity contribution in [3.05, 3.63) is 29.8 Å². The molecule has 0 N–H and O–H groups in total. The molecule has 0 amide bonds. The van der Waals surface area contributed by atoms with Crippen LogP contribution in [-0.4, -0.2) is 40.2 Å². The lowest BCUT2D eigenvalue weighted by Gasteiger charge is -2.17. The molecule has 1 aliphatic rings. The van der Waals surface area contributed by atoms with Crippen LogP contribution in [0.2, 0.25) is 0 Å². The molecular weight excluding hydrogens is 348 g/mol. The molecule has 138 valence electrons. The zero-order chi connectivity index (χ0) is 18.7. The van der Waals surface area contributed by atoms with Gasteiger partial charge in [0, 0.05) is 25.2 Å². The summed E-state index contributed by atoms with van der Waals surface area (Å²) < 4.78 is 39.8. The summed E-state index contributed by atoms with van der Waals surface area (Å²) in [6.07, 6.45) is 0.553. The number of esters is 2. The molecule has 2 rings (SSSR count). The molecule has 0 radical (unpaired) electrons. The van der Waals surface area contributed by atoms with Crippen LogP contribution in [0.5, 0.6) is 0 Å². The van der Waals surface area contributed by atoms with Crippen molar-refractivity contribution >= 4 is 22.1 Å². The van der Waals surface area contributed by atoms with E-state index in [9.17, 15) is 18.0 Å². The van der Waals surface area contributed by atoms with Crippen molar-refractivity contribution in [1.82, 2.24) is 0 Å². The normalized spacial score (nSPS) is 22.3. The summed E-state index contributed by atoms with van der Waals surface area (Å²) >= 11 is 0. The Balaban J connectivity index is 2.03. The number of hydrogen-bond acceptors (Lipinski definition) is 7. The molecule has 1 aliphatic carbocycles. The fourth-order valence-electron chi connectivity index (χ4n) is 2.49. The van der Waals surface area contributed by atoms with Gasteiger partial charge in [0.15, 0.2) is 0 Å². The van der Waals surface area contributed by atoms with Crippen LogP contribution in [-0.2, 0) is 33.4 Å². The topological polar surface area (TPSA) is 96.0 Å². The molecule has 0 aromatic heterocycles. The third kappa shape index (κ3) is 5.27. The van der Waals surface area contributed by atoms with E-state index >= 15 is 0 Å². The summed E-state index contributed by atoms with van der Waals surface area (Å²) in [5, 5.41) is 0. The molecule has 1 aromatic carbocycles. The number of aryl methyl sites for hydroxylation is 1. The first-order valence-corrected chi connectivity index (χ1v) is 9.28. The first kappa shape index (κ1) is 19.4. The van der Waals surface area contributed by atoms with Crippen molar-refractivity contribution in [1.29, 1.82) is 0 Å². The van der Waals surface area contributed by atoms with E-state index in [4.69, 9.17) is 13.7 Å². The smallest absolute Gasteiger partial charge is 0.302 e. The highest BCUT2D eigenvalue weighted by Crippen LogP contribution is 2.53. The first-order chi connectivity index (χ1) is 11.6. The van der Waals surface area contributed by atoms with Crippen LogP contribution in [0.3, 0.4) is 0 Å². The Hall–Kier alpha value is -1.93. The van der Waals surface area contributed by atoms with Gasteiger partial charge in [-0.1, -0.05) is 17.7 Å². The summed E-state index contributed by atoms with van der Waals surface area (Å²) in [6, 6.07) is 6.33. The second kappa shape index (κ2) is 7.53. The maximum Gasteiger partial charge on any atom is 0.302 e. The van der Waals surface area contributed by atoms with Gasteiger partial charge in [0.05, 0.1) is 24.7 Å². The molecule has 0 heterocycles. The van der Waals surface area contributed by atoms with Crippen molar-refractivity contribution in [3.63, 3.8) is 0 Å². The van der Waals surface area contributed by atoms with E-state index < -0.39 is 27.5 Å². The third-order valence-electron chi connectivity index (χ3n) is 4.22. The fraction of sp³-hybridized carbons (Fsp3) is 0.529. The zero-order valence-corrected chi connectivity index (χ0v) is 15.3. The van der Waals surface area contributed by atoms with E-state index in [0.717, 1.165) is 5.56 Å². The largest absolute Gasteiger partial charge is 0.466 e. The monoisotopic (exact) mass is 370 g/mol. The fourth-order valence-corrected chi connectivity index (χ4v) is 3.49. The van der Waals surface area contributed by atoms with Gasteiger partial charge < -0.3 is 9.47 Å². The molecule has 1 unspecified atom stereocenters. The number of benzene rings is 1. The van der Waals surface area contributed by atoms with Crippen molar-refractivity contribution < 1.29 is 31.7 Å². The van der Waals surface area contributed by atoms with Crippen molar-refractivity contribution in [2.75, 3.05) is 19.8 Å². The third-order valence-corrected chi connectivity index (χ3v) is 5.50. The van der Waals surface area contributed by atoms with Gasteiger partial charge in [0.25, 0.3) is 10.1 Å². The standard InChI is InChI=1S/C17H22O7S/c1-12-4-6-16(7-5-12)25(20,21)24-11-17(10-23-14(3)19)8-15(17)9-22-13(2)18/h4-7,15H,8-11H2,1-3H3/t15-,17?/m0/s1. The van der Waals surface area contributed by atoms with Gasteiger partial charge >= 0.3 is 11.9 Å². The van der Waals surface area contributed by atoms with E-state index in [2.05, 4.69) is 0 Å². The second-order valence-corrected chi connectivity index (χ2v) is 7.99. The number of hydrogen-bond donors (Lipinski definition) is 0. The molecule has 8 heteroatoms. The Morgan fingerprint density at radius 2 is 1.68 bits per heavy atom. The van der Waals surface area contributed by atoms with E-state index in [1.165, 1.54) is 26.0 Å². The predicted molar refractivity (Wildman–Crippen MR) is 88.1 cm³/mol. The molecule has 7 nitrogen and oxygen atoms in total. The van der Waals surface area contributed by atoms with Crippen molar-refractivity contribution in [2.24, 2.45) is 11.3 Å². The van der Waals surface area contributed by atoms with Crippen LogP contribution in [0.4, 0.5) is 0 Å². The Bertz CT molecular complexity index is 739. The van der Waals surface area contributed by atoms with Crippen molar-refractivity contribution in [3.8, 4) is 0 Å². The van der Waals surface area contributed by atoms with Crippen molar-refractivity contribution in [2.45, 2.75) is 32.1 Å². The zero-order valence-electron chi connectivity index (χ0n) is 14.5. The Kier molecular flexibility index (Phi) is 5.84. The van der Waals surface area contributed by atoms with E-state index in [-0.39, 0.29) is 30.6 Å². The Morgan fingerprint density at radius 1 is 1.08 bits per heavy atom. The van der Waals surface area contributed by atoms with E-state index in [1.807, 2.05) is 6.92 Å². The molecule has 25 heavy (non-hydrogen) atoms. The van der Waals surface area contributed by atoms with E-state index in [1.54, 1.807) is 12.1 Å². The molecule has 1 fully saturated rings.